The predicted octanol–water partition coefficient (Wildman–Crippen LogP) is 1.64. The van der Waals surface area contributed by atoms with Gasteiger partial charge in [-0.25, -0.2) is 18.3 Å². The number of amides is 1. The number of nitriles is 1. The molecular formula is C22H28FN7O4S. The van der Waals surface area contributed by atoms with Crippen LogP contribution < -0.4 is 20.8 Å². The van der Waals surface area contributed by atoms with E-state index in [0.717, 1.165) is 12.6 Å². The van der Waals surface area contributed by atoms with Gasteiger partial charge < -0.3 is 5.32 Å². The fourth-order valence-corrected chi connectivity index (χ4v) is 4.20. The Morgan fingerprint density at radius 2 is 2.17 bits per heavy atom. The number of carbonyl (C=O) groups excluding carboxylic acids is 1. The van der Waals surface area contributed by atoms with Gasteiger partial charge >= 0.3 is 0 Å². The van der Waals surface area contributed by atoms with Crippen LogP contribution >= 0.6 is 0 Å². The van der Waals surface area contributed by atoms with Gasteiger partial charge in [-0.05, 0) is 49.9 Å². The molecule has 13 heteroatoms. The molecule has 5 N–H and O–H groups in total. The van der Waals surface area contributed by atoms with Gasteiger partial charge in [0.15, 0.2) is 6.19 Å². The number of halogens is 1. The Balaban J connectivity index is 2.01. The number of carbonyl (C=O) groups is 1. The van der Waals surface area contributed by atoms with E-state index in [4.69, 9.17) is 6.69 Å². The van der Waals surface area contributed by atoms with Crippen molar-refractivity contribution in [1.82, 2.24) is 25.8 Å². The monoisotopic (exact) mass is 506 g/mol. The van der Waals surface area contributed by atoms with Gasteiger partial charge in [0, 0.05) is 24.8 Å². The summed E-state index contributed by atoms with van der Waals surface area (Å²) in [5, 5.41) is 18.1. The van der Waals surface area contributed by atoms with Gasteiger partial charge in [-0.2, -0.15) is 9.98 Å². The average molecular weight is 507 g/mol. The Morgan fingerprint density at radius 1 is 1.34 bits per heavy atom. The van der Waals surface area contributed by atoms with E-state index in [1.807, 2.05) is 12.4 Å². The van der Waals surface area contributed by atoms with Gasteiger partial charge in [-0.1, -0.05) is 19.1 Å². The molecule has 1 aromatic carbocycles. The number of nitrogens with one attached hydrogen (secondary N) is 4. The average Bonchev–Trinajstić information content (AvgIpc) is 2.86. The number of nitrogens with zero attached hydrogens (tertiary/aromatic N) is 3. The van der Waals surface area contributed by atoms with Crippen molar-refractivity contribution < 1.29 is 24.2 Å². The summed E-state index contributed by atoms with van der Waals surface area (Å²) < 4.78 is 48.2. The summed E-state index contributed by atoms with van der Waals surface area (Å²) in [7, 11) is -4.15. The number of rotatable bonds is 13. The smallest absolute Gasteiger partial charge is 0.261 e. The molecule has 0 unspecified atom stereocenters. The quantitative estimate of drug-likeness (QED) is 0.0519. The van der Waals surface area contributed by atoms with Crippen LogP contribution in [0, 0.1) is 17.3 Å². The van der Waals surface area contributed by atoms with Crippen LogP contribution in [0.5, 0.6) is 0 Å². The minimum Gasteiger partial charge on any atom is -0.356 e. The lowest BCUT2D eigenvalue weighted by Gasteiger charge is -2.17. The third kappa shape index (κ3) is 8.93. The summed E-state index contributed by atoms with van der Waals surface area (Å²) in [5.41, 5.74) is 2.69. The maximum absolute atomic E-state index is 13.5. The van der Waals surface area contributed by atoms with Crippen LogP contribution in [0.3, 0.4) is 0 Å². The number of hydrogen-bond acceptors (Lipinski definition) is 7. The third-order valence-corrected chi connectivity index (χ3v) is 6.22. The van der Waals surface area contributed by atoms with Crippen molar-refractivity contribution >= 4 is 21.9 Å². The first kappa shape index (κ1) is 26.0. The molecule has 11 nitrogen and oxygen atoms in total. The Hall–Kier alpha value is -3.60. The number of aromatic nitrogens is 1. The summed E-state index contributed by atoms with van der Waals surface area (Å²) in [5.74, 6) is -0.938. The lowest BCUT2D eigenvalue weighted by atomic mass is 10.1. The molecule has 0 bridgehead atoms. The molecule has 1 amide bonds. The van der Waals surface area contributed by atoms with E-state index >= 15 is 0 Å². The molecule has 0 aliphatic carbocycles. The second-order valence-electron chi connectivity index (χ2n) is 7.42. The maximum atomic E-state index is 13.5. The summed E-state index contributed by atoms with van der Waals surface area (Å²) in [6, 6.07) is 7.25. The molecule has 1 aromatic heterocycles. The Morgan fingerprint density at radius 3 is 2.83 bits per heavy atom. The molecule has 188 valence electrons. The molecule has 1 atom stereocenters. The Kier molecular flexibility index (Phi) is 10.4. The number of hydrogen-bond donors (Lipinski definition) is 5. The first-order valence-corrected chi connectivity index (χ1v) is 12.4. The fraction of sp³-hybridized carbons (Fsp3) is 0.364. The predicted molar refractivity (Wildman–Crippen MR) is 127 cm³/mol. The van der Waals surface area contributed by atoms with Gasteiger partial charge in [0.25, 0.3) is 5.91 Å². The molecule has 1 heterocycles. The molecule has 0 aliphatic rings. The number of sulfonamides is 1. The largest absolute Gasteiger partial charge is 0.356 e. The van der Waals surface area contributed by atoms with Gasteiger partial charge in [0.05, 0.1) is 5.69 Å². The fourth-order valence-electron chi connectivity index (χ4n) is 3.02. The van der Waals surface area contributed by atoms with Crippen molar-refractivity contribution in [3.05, 3.63) is 48.4 Å². The molecule has 0 spiro atoms. The minimum absolute atomic E-state index is 0.109. The van der Waals surface area contributed by atoms with E-state index in [1.54, 1.807) is 12.3 Å². The number of benzene rings is 1. The van der Waals surface area contributed by atoms with E-state index in [1.165, 1.54) is 30.3 Å². The molecule has 2 aromatic rings. The van der Waals surface area contributed by atoms with E-state index < -0.39 is 27.8 Å². The lowest BCUT2D eigenvalue weighted by Crippen LogP contribution is -2.45. The van der Waals surface area contributed by atoms with Gasteiger partial charge in [-0.15, -0.1) is 0 Å². The number of pyridine rings is 1. The van der Waals surface area contributed by atoms with E-state index in [2.05, 4.69) is 30.5 Å². The molecule has 0 saturated heterocycles. The number of unbranched alkanes of at least 4 members (excludes halogenated alkanes) is 1. The van der Waals surface area contributed by atoms with Gasteiger partial charge in [-0.3, -0.25) is 25.3 Å². The highest BCUT2D eigenvalue weighted by molar-refractivity contribution is 7.89. The van der Waals surface area contributed by atoms with Gasteiger partial charge in [0.2, 0.25) is 17.4 Å². The van der Waals surface area contributed by atoms with E-state index in [-0.39, 0.29) is 11.3 Å². The van der Waals surface area contributed by atoms with Crippen molar-refractivity contribution in [3.8, 4) is 17.5 Å². The molecule has 0 saturated carbocycles. The third-order valence-electron chi connectivity index (χ3n) is 4.76. The van der Waals surface area contributed by atoms with Crippen LogP contribution in [-0.4, -0.2) is 49.6 Å². The number of hydroxylamine groups is 1. The summed E-state index contributed by atoms with van der Waals surface area (Å²) in [6.45, 7) is 2.93. The molecular weight excluding hydrogens is 477 g/mol. The second-order valence-corrected chi connectivity index (χ2v) is 9.13. The molecule has 0 fully saturated rings. The number of guanidine groups is 1. The van der Waals surface area contributed by atoms with Gasteiger partial charge in [0.1, 0.15) is 16.8 Å². The zero-order chi connectivity index (χ0) is 26.4. The normalized spacial score (nSPS) is 12.8. The highest BCUT2D eigenvalue weighted by Crippen LogP contribution is 2.19. The Bertz CT molecular complexity index is 1170. The van der Waals surface area contributed by atoms with Crippen LogP contribution in [-0.2, 0) is 14.8 Å². The van der Waals surface area contributed by atoms with Crippen molar-refractivity contribution in [2.75, 3.05) is 13.1 Å². The highest BCUT2D eigenvalue weighted by atomic mass is 32.2. The molecule has 0 radical (unpaired) electrons. The van der Waals surface area contributed by atoms with Crippen LogP contribution in [0.25, 0.3) is 11.3 Å². The highest BCUT2D eigenvalue weighted by Gasteiger charge is 2.25. The minimum atomic E-state index is -4.15. The summed E-state index contributed by atoms with van der Waals surface area (Å²) >= 11 is 0. The molecule has 2 rings (SSSR count). The molecule has 35 heavy (non-hydrogen) atoms. The van der Waals surface area contributed by atoms with Crippen LogP contribution in [0.15, 0.2) is 52.5 Å². The van der Waals surface area contributed by atoms with Crippen LogP contribution in [0.2, 0.25) is 1.43 Å². The Labute approximate surface area is 205 Å². The van der Waals surface area contributed by atoms with E-state index in [0.29, 0.717) is 43.1 Å². The van der Waals surface area contributed by atoms with Crippen LogP contribution in [0.4, 0.5) is 4.39 Å². The lowest BCUT2D eigenvalue weighted by molar-refractivity contribution is -0.131. The first-order valence-electron chi connectivity index (χ1n) is 11.3. The zero-order valence-corrected chi connectivity index (χ0v) is 19.9. The van der Waals surface area contributed by atoms with Crippen molar-refractivity contribution in [2.45, 2.75) is 43.5 Å². The van der Waals surface area contributed by atoms with Crippen molar-refractivity contribution in [2.24, 2.45) is 4.99 Å². The maximum Gasteiger partial charge on any atom is 0.261 e. The zero-order valence-electron chi connectivity index (χ0n) is 20.1. The second kappa shape index (κ2) is 14.0. The van der Waals surface area contributed by atoms with E-state index in [9.17, 15) is 17.6 Å². The number of aliphatic imine (C=N–C) groups is 1. The topological polar surface area (TPSA) is 169 Å². The summed E-state index contributed by atoms with van der Waals surface area (Å²) in [6.07, 6.45) is 4.80. The van der Waals surface area contributed by atoms with Crippen molar-refractivity contribution in [3.63, 3.8) is 0 Å². The first-order chi connectivity index (χ1) is 17.3. The van der Waals surface area contributed by atoms with Crippen LogP contribution in [0.1, 0.15) is 32.6 Å². The standard InChI is InChI=1S/C22H28FN7O4S/c1-2-11-25-22(28-15-24)26-12-4-3-8-20(21(31)29-32)30-35(33,34)18-9-10-19(27-14-18)16-6-5-7-17(23)13-16/h5-7,9-10,13-14,20,30,32H,2-4,8,11-12H2,1H3,(H,29,31)(H2,25,26,28)/t20-/m0/s1/i/hD. The van der Waals surface area contributed by atoms with Crippen molar-refractivity contribution in [1.29, 1.82) is 5.26 Å². The molecule has 0 aliphatic heterocycles. The SMILES string of the molecule is [2H]ONC(=O)[C@H](CCCCNC(=NCCC)NC#N)NS(=O)(=O)c1ccc(-c2cccc(F)c2)nc1. The summed E-state index contributed by atoms with van der Waals surface area (Å²) in [4.78, 5) is 20.4.